The summed E-state index contributed by atoms with van der Waals surface area (Å²) >= 11 is 0. The number of carbonyl (C=O) groups is 6. The molecule has 1 aromatic rings. The van der Waals surface area contributed by atoms with Crippen LogP contribution in [0.3, 0.4) is 0 Å². The third kappa shape index (κ3) is 21.8. The van der Waals surface area contributed by atoms with Crippen LogP contribution in [0.4, 0.5) is 11.6 Å². The third-order valence-corrected chi connectivity index (χ3v) is 8.72. The zero-order valence-electron chi connectivity index (χ0n) is 35.6. The van der Waals surface area contributed by atoms with Gasteiger partial charge in [-0.3, -0.25) is 50.4 Å². The van der Waals surface area contributed by atoms with E-state index in [4.69, 9.17) is 67.5 Å². The van der Waals surface area contributed by atoms with Gasteiger partial charge in [-0.1, -0.05) is 0 Å². The molecule has 6 amide bonds. The van der Waals surface area contributed by atoms with Crippen LogP contribution < -0.4 is 99.0 Å². The van der Waals surface area contributed by atoms with E-state index in [1.807, 2.05) is 0 Å². The van der Waals surface area contributed by atoms with Gasteiger partial charge in [-0.2, -0.15) is 0 Å². The van der Waals surface area contributed by atoms with Crippen molar-refractivity contribution in [2.45, 2.75) is 75.5 Å². The Morgan fingerprint density at radius 3 is 0.938 bits per heavy atom. The summed E-state index contributed by atoms with van der Waals surface area (Å²) in [6.07, 6.45) is 1.14. The van der Waals surface area contributed by atoms with Gasteiger partial charge in [0.05, 0.1) is 0 Å². The standard InChI is InChI=1S/C34H66N24O6/c35-9-15-47-25(59)17(5-1-11-49-31(39)40)53-27(61)19(7-3-13-51-33(43)44)55-29(63)21-23(37)58-22(24(38)57-21)30(64)56-20(8-4-14-52-34(45)46)28(62)54-18(26(60)48-16-10-36)6-2-12-50-32(41)42/h17-20H,1-16,35-36H2,(H2,38,57)(H2,37,58)(H,47,59)(H,48,60)(H,53,61)(H,54,62)(H,55,63)(H,56,64)(H4,39,40,49)(H4,41,42,50)(H4,43,44,51)(H4,45,46,52)/t17?,18?,19-,20?/m0/s1. The molecule has 64 heavy (non-hydrogen) atoms. The smallest absolute Gasteiger partial charge is 0.274 e. The van der Waals surface area contributed by atoms with Crippen molar-refractivity contribution >= 4 is 70.9 Å². The monoisotopic (exact) mass is 907 g/mol. The van der Waals surface area contributed by atoms with E-state index in [0.29, 0.717) is 12.8 Å². The van der Waals surface area contributed by atoms with E-state index < -0.39 is 82.6 Å². The summed E-state index contributed by atoms with van der Waals surface area (Å²) in [4.78, 5) is 88.5. The number of anilines is 2. The number of amides is 6. The maximum atomic E-state index is 13.7. The number of nitrogens with one attached hydrogen (secondary N) is 14. The van der Waals surface area contributed by atoms with Gasteiger partial charge in [-0.05, 0) is 51.4 Å². The molecule has 30 nitrogen and oxygen atoms in total. The molecule has 1 heterocycles. The minimum absolute atomic E-state index is 0.0413. The first-order valence-corrected chi connectivity index (χ1v) is 20.2. The van der Waals surface area contributed by atoms with Crippen LogP contribution in [0.25, 0.3) is 0 Å². The summed E-state index contributed by atoms with van der Waals surface area (Å²) in [5, 5.41) is 55.3. The van der Waals surface area contributed by atoms with Gasteiger partial charge in [0, 0.05) is 52.4 Å². The second kappa shape index (κ2) is 29.7. The van der Waals surface area contributed by atoms with E-state index in [-0.39, 0.29) is 115 Å². The number of nitrogens with two attached hydrogens (primary N) is 8. The van der Waals surface area contributed by atoms with Gasteiger partial charge < -0.3 is 99.0 Å². The lowest BCUT2D eigenvalue weighted by molar-refractivity contribution is -0.130. The summed E-state index contributed by atoms with van der Waals surface area (Å²) in [6.45, 7) is 1.20. The first-order chi connectivity index (χ1) is 30.3. The molecule has 1 aromatic heterocycles. The second-order valence-electron chi connectivity index (χ2n) is 14.0. The first-order valence-electron chi connectivity index (χ1n) is 20.2. The molecular weight excluding hydrogens is 841 g/mol. The van der Waals surface area contributed by atoms with Crippen LogP contribution in [0.15, 0.2) is 0 Å². The lowest BCUT2D eigenvalue weighted by atomic mass is 10.1. The molecule has 0 aromatic carbocycles. The topological polar surface area (TPSA) is 552 Å². The molecule has 30 heteroatoms. The third-order valence-electron chi connectivity index (χ3n) is 8.72. The quantitative estimate of drug-likeness (QED) is 0.0194. The first kappa shape index (κ1) is 54.5. The molecule has 0 aliphatic heterocycles. The number of hydrogen-bond donors (Lipinski definition) is 22. The molecule has 4 atom stereocenters. The van der Waals surface area contributed by atoms with Gasteiger partial charge in [-0.25, -0.2) is 9.97 Å². The predicted molar refractivity (Wildman–Crippen MR) is 238 cm³/mol. The zero-order valence-corrected chi connectivity index (χ0v) is 35.6. The fraction of sp³-hybridized carbons (Fsp3) is 0.588. The minimum Gasteiger partial charge on any atom is -0.382 e. The molecule has 0 aliphatic carbocycles. The van der Waals surface area contributed by atoms with Gasteiger partial charge in [0.25, 0.3) is 11.8 Å². The number of aromatic nitrogens is 2. The fourth-order valence-electron chi connectivity index (χ4n) is 5.62. The van der Waals surface area contributed by atoms with Gasteiger partial charge in [0.2, 0.25) is 23.6 Å². The van der Waals surface area contributed by atoms with Crippen LogP contribution in [-0.2, 0) is 19.2 Å². The molecule has 30 N–H and O–H groups in total. The van der Waals surface area contributed by atoms with Crippen LogP contribution in [0.5, 0.6) is 0 Å². The maximum absolute atomic E-state index is 13.7. The van der Waals surface area contributed by atoms with Gasteiger partial charge in [0.1, 0.15) is 24.2 Å². The van der Waals surface area contributed by atoms with E-state index in [1.165, 1.54) is 0 Å². The van der Waals surface area contributed by atoms with Crippen LogP contribution in [0, 0.1) is 21.6 Å². The Balaban J connectivity index is 3.39. The average Bonchev–Trinajstić information content (AvgIpc) is 3.23. The Bertz CT molecular complexity index is 1650. The van der Waals surface area contributed by atoms with Crippen LogP contribution in [0.1, 0.15) is 72.3 Å². The highest BCUT2D eigenvalue weighted by molar-refractivity contribution is 6.03. The summed E-state index contributed by atoms with van der Waals surface area (Å²) in [6, 6.07) is -4.83. The molecule has 3 unspecified atom stereocenters. The van der Waals surface area contributed by atoms with Crippen molar-refractivity contribution < 1.29 is 28.8 Å². The number of hydrogen-bond acceptors (Lipinski definition) is 16. The summed E-state index contributed by atoms with van der Waals surface area (Å²) in [5.74, 6) is -7.14. The lowest BCUT2D eigenvalue weighted by Crippen LogP contribution is -2.54. The summed E-state index contributed by atoms with van der Waals surface area (Å²) < 4.78 is 0. The Kier molecular flexibility index (Phi) is 25.3. The van der Waals surface area contributed by atoms with Crippen molar-refractivity contribution in [2.24, 2.45) is 34.4 Å². The zero-order chi connectivity index (χ0) is 48.2. The van der Waals surface area contributed by atoms with Crippen molar-refractivity contribution in [3.63, 3.8) is 0 Å². The molecule has 1 rings (SSSR count). The number of nitrogen functional groups attached to an aromatic ring is 2. The molecule has 0 fully saturated rings. The van der Waals surface area contributed by atoms with Crippen LogP contribution in [0.2, 0.25) is 0 Å². The largest absolute Gasteiger partial charge is 0.382 e. The number of rotatable bonds is 30. The van der Waals surface area contributed by atoms with Crippen LogP contribution >= 0.6 is 0 Å². The van der Waals surface area contributed by atoms with E-state index in [1.54, 1.807) is 0 Å². The van der Waals surface area contributed by atoms with E-state index in [2.05, 4.69) is 63.1 Å². The number of nitrogens with zero attached hydrogens (tertiary/aromatic N) is 2. The van der Waals surface area contributed by atoms with Gasteiger partial charge in [-0.15, -0.1) is 0 Å². The molecule has 0 spiro atoms. The molecule has 0 saturated carbocycles. The van der Waals surface area contributed by atoms with Crippen molar-refractivity contribution in [2.75, 3.05) is 63.8 Å². The number of guanidine groups is 4. The van der Waals surface area contributed by atoms with Gasteiger partial charge in [0.15, 0.2) is 46.9 Å². The van der Waals surface area contributed by atoms with E-state index >= 15 is 0 Å². The van der Waals surface area contributed by atoms with Crippen molar-refractivity contribution in [3.8, 4) is 0 Å². The minimum atomic E-state index is -1.32. The molecule has 0 radical (unpaired) electrons. The Labute approximate surface area is 369 Å². The van der Waals surface area contributed by atoms with Crippen LogP contribution in [-0.4, -0.2) is 146 Å². The molecule has 358 valence electrons. The fourth-order valence-corrected chi connectivity index (χ4v) is 5.62. The second-order valence-corrected chi connectivity index (χ2v) is 14.0. The normalized spacial score (nSPS) is 12.4. The summed E-state index contributed by atoms with van der Waals surface area (Å²) in [7, 11) is 0. The van der Waals surface area contributed by atoms with E-state index in [0.717, 1.165) is 0 Å². The SMILES string of the molecule is N=C(N)NCCCC(NC(=O)c1nc(N)c(C(=O)N[C@@H](CCCNC(=N)N)C(=O)NC(CCCNC(=N)N)C(=O)NCCN)nc1N)C(=O)NC(CCCNC(=N)N)C(=O)NCCN. The molecular formula is C34H66N24O6. The van der Waals surface area contributed by atoms with Crippen molar-refractivity contribution in [3.05, 3.63) is 11.4 Å². The Morgan fingerprint density at radius 2 is 0.688 bits per heavy atom. The molecule has 0 bridgehead atoms. The van der Waals surface area contributed by atoms with E-state index in [9.17, 15) is 28.8 Å². The lowest BCUT2D eigenvalue weighted by Gasteiger charge is -2.24. The average molecular weight is 907 g/mol. The highest BCUT2D eigenvalue weighted by Crippen LogP contribution is 2.15. The molecule has 0 saturated heterocycles. The maximum Gasteiger partial charge on any atom is 0.274 e. The Hall–Kier alpha value is -7.50. The van der Waals surface area contributed by atoms with Gasteiger partial charge >= 0.3 is 0 Å². The predicted octanol–water partition coefficient (Wildman–Crippen LogP) is -7.99. The highest BCUT2D eigenvalue weighted by Gasteiger charge is 2.31. The summed E-state index contributed by atoms with van der Waals surface area (Å²) in [5.41, 5.74) is 43.5. The van der Waals surface area contributed by atoms with Crippen molar-refractivity contribution in [1.82, 2.24) is 63.1 Å². The molecule has 0 aliphatic rings. The highest BCUT2D eigenvalue weighted by atomic mass is 16.2. The van der Waals surface area contributed by atoms with Crippen molar-refractivity contribution in [1.29, 1.82) is 21.6 Å². The number of carbonyl (C=O) groups excluding carboxylic acids is 6. The Morgan fingerprint density at radius 1 is 0.422 bits per heavy atom.